The maximum atomic E-state index is 13.0. The van der Waals surface area contributed by atoms with E-state index in [9.17, 15) is 4.79 Å². The van der Waals surface area contributed by atoms with Gasteiger partial charge in [-0.1, -0.05) is 32.4 Å². The number of hydrogen-bond acceptors (Lipinski definition) is 7. The second-order valence-corrected chi connectivity index (χ2v) is 9.43. The van der Waals surface area contributed by atoms with Crippen molar-refractivity contribution in [1.29, 1.82) is 0 Å². The number of piperazine rings is 1. The maximum absolute atomic E-state index is 13.0. The molecule has 0 spiro atoms. The van der Waals surface area contributed by atoms with Crippen LogP contribution < -0.4 is 4.90 Å². The van der Waals surface area contributed by atoms with E-state index in [0.717, 1.165) is 11.5 Å². The van der Waals surface area contributed by atoms with Gasteiger partial charge in [0.15, 0.2) is 11.4 Å². The standard InChI is InChI=1S/C23H24ClN7O2/c1-23(2,3)21-25-14-31(28-21)16-6-4-15(5-7-16)20(32)29-10-12-30(13-11-29)22-27-19-17(33-22)8-9-18(24)26-19/h4-9,14H,10-13H2,1-3H3. The highest BCUT2D eigenvalue weighted by Gasteiger charge is 2.25. The van der Waals surface area contributed by atoms with Crippen LogP contribution in [0.4, 0.5) is 6.01 Å². The van der Waals surface area contributed by atoms with Crippen molar-refractivity contribution in [2.45, 2.75) is 26.2 Å². The quantitative estimate of drug-likeness (QED) is 0.425. The number of carbonyl (C=O) groups is 1. The van der Waals surface area contributed by atoms with Gasteiger partial charge in [0, 0.05) is 37.2 Å². The summed E-state index contributed by atoms with van der Waals surface area (Å²) < 4.78 is 7.53. The van der Waals surface area contributed by atoms with Gasteiger partial charge in [0.1, 0.15) is 11.5 Å². The molecule has 10 heteroatoms. The number of nitrogens with zero attached hydrogens (tertiary/aromatic N) is 7. The van der Waals surface area contributed by atoms with Crippen LogP contribution >= 0.6 is 11.6 Å². The number of pyridine rings is 1. The molecular formula is C23H24ClN7O2. The molecule has 0 bridgehead atoms. The molecular weight excluding hydrogens is 442 g/mol. The van der Waals surface area contributed by atoms with Crippen LogP contribution in [0.3, 0.4) is 0 Å². The number of oxazole rings is 1. The van der Waals surface area contributed by atoms with E-state index < -0.39 is 0 Å². The molecule has 0 saturated carbocycles. The van der Waals surface area contributed by atoms with E-state index in [4.69, 9.17) is 16.0 Å². The fourth-order valence-electron chi connectivity index (χ4n) is 3.69. The first-order chi connectivity index (χ1) is 15.8. The Morgan fingerprint density at radius 2 is 1.73 bits per heavy atom. The highest BCUT2D eigenvalue weighted by molar-refractivity contribution is 6.29. The first-order valence-corrected chi connectivity index (χ1v) is 11.2. The van der Waals surface area contributed by atoms with Crippen LogP contribution in [0.25, 0.3) is 16.9 Å². The predicted octanol–water partition coefficient (Wildman–Crippen LogP) is 3.72. The van der Waals surface area contributed by atoms with Crippen LogP contribution in [0.5, 0.6) is 0 Å². The number of carbonyl (C=O) groups excluding carboxylic acids is 1. The third-order valence-electron chi connectivity index (χ3n) is 5.59. The van der Waals surface area contributed by atoms with Gasteiger partial charge in [-0.3, -0.25) is 4.79 Å². The van der Waals surface area contributed by atoms with Crippen LogP contribution in [0.1, 0.15) is 37.0 Å². The molecule has 0 N–H and O–H groups in total. The van der Waals surface area contributed by atoms with Crippen LogP contribution in [0.2, 0.25) is 5.15 Å². The number of amides is 1. The second-order valence-electron chi connectivity index (χ2n) is 9.04. The molecule has 0 unspecified atom stereocenters. The molecule has 9 nitrogen and oxygen atoms in total. The molecule has 1 fully saturated rings. The number of aromatic nitrogens is 5. The fraction of sp³-hybridized carbons (Fsp3) is 0.348. The third kappa shape index (κ3) is 4.28. The molecule has 1 saturated heterocycles. The lowest BCUT2D eigenvalue weighted by Crippen LogP contribution is -2.48. The zero-order valence-corrected chi connectivity index (χ0v) is 19.5. The van der Waals surface area contributed by atoms with E-state index >= 15 is 0 Å². The molecule has 1 aromatic carbocycles. The van der Waals surface area contributed by atoms with Crippen molar-refractivity contribution >= 4 is 34.8 Å². The van der Waals surface area contributed by atoms with Gasteiger partial charge in [0.25, 0.3) is 11.9 Å². The summed E-state index contributed by atoms with van der Waals surface area (Å²) in [4.78, 5) is 29.9. The number of benzene rings is 1. The van der Waals surface area contributed by atoms with E-state index in [2.05, 4.69) is 40.8 Å². The Balaban J connectivity index is 1.23. The molecule has 1 aliphatic heterocycles. The summed E-state index contributed by atoms with van der Waals surface area (Å²) in [6.07, 6.45) is 1.70. The summed E-state index contributed by atoms with van der Waals surface area (Å²) in [5.41, 5.74) is 2.46. The molecule has 0 atom stereocenters. The zero-order chi connectivity index (χ0) is 23.2. The smallest absolute Gasteiger partial charge is 0.300 e. The molecule has 4 aromatic rings. The molecule has 5 rings (SSSR count). The van der Waals surface area contributed by atoms with E-state index in [1.54, 1.807) is 23.1 Å². The van der Waals surface area contributed by atoms with E-state index in [-0.39, 0.29) is 11.3 Å². The van der Waals surface area contributed by atoms with Crippen molar-refractivity contribution in [1.82, 2.24) is 29.6 Å². The Kier molecular flexibility index (Phi) is 5.28. The summed E-state index contributed by atoms with van der Waals surface area (Å²) in [6, 6.07) is 11.4. The van der Waals surface area contributed by atoms with Crippen LogP contribution in [0.15, 0.2) is 47.1 Å². The molecule has 4 heterocycles. The monoisotopic (exact) mass is 465 g/mol. The average molecular weight is 466 g/mol. The number of anilines is 1. The van der Waals surface area contributed by atoms with Crippen LogP contribution in [-0.2, 0) is 5.41 Å². The van der Waals surface area contributed by atoms with Crippen molar-refractivity contribution in [3.8, 4) is 5.69 Å². The van der Waals surface area contributed by atoms with Gasteiger partial charge in [-0.25, -0.2) is 14.6 Å². The van der Waals surface area contributed by atoms with Crippen LogP contribution in [0, 0.1) is 0 Å². The third-order valence-corrected chi connectivity index (χ3v) is 5.80. The Morgan fingerprint density at radius 3 is 2.39 bits per heavy atom. The van der Waals surface area contributed by atoms with Gasteiger partial charge in [-0.05, 0) is 36.4 Å². The molecule has 1 aliphatic rings. The minimum atomic E-state index is -0.120. The van der Waals surface area contributed by atoms with Gasteiger partial charge in [0.2, 0.25) is 5.65 Å². The first kappa shape index (κ1) is 21.4. The van der Waals surface area contributed by atoms with Crippen molar-refractivity contribution < 1.29 is 9.21 Å². The molecule has 33 heavy (non-hydrogen) atoms. The molecule has 1 amide bonds. The Bertz CT molecular complexity index is 1300. The van der Waals surface area contributed by atoms with Gasteiger partial charge in [-0.15, -0.1) is 0 Å². The van der Waals surface area contributed by atoms with Crippen molar-refractivity contribution in [3.63, 3.8) is 0 Å². The fourth-order valence-corrected chi connectivity index (χ4v) is 3.83. The van der Waals surface area contributed by atoms with Crippen LogP contribution in [-0.4, -0.2) is 61.7 Å². The molecule has 0 aliphatic carbocycles. The SMILES string of the molecule is CC(C)(C)c1ncn(-c2ccc(C(=O)N3CCN(c4nc5nc(Cl)ccc5o4)CC3)cc2)n1. The maximum Gasteiger partial charge on any atom is 0.300 e. The predicted molar refractivity (Wildman–Crippen MR) is 125 cm³/mol. The lowest BCUT2D eigenvalue weighted by Gasteiger charge is -2.33. The van der Waals surface area contributed by atoms with E-state index in [1.165, 1.54) is 0 Å². The first-order valence-electron chi connectivity index (χ1n) is 10.8. The Morgan fingerprint density at radius 1 is 1.00 bits per heavy atom. The van der Waals surface area contributed by atoms with Crippen molar-refractivity contribution in [3.05, 3.63) is 59.3 Å². The molecule has 0 radical (unpaired) electrons. The van der Waals surface area contributed by atoms with Gasteiger partial charge in [-0.2, -0.15) is 10.1 Å². The average Bonchev–Trinajstić information content (AvgIpc) is 3.46. The van der Waals surface area contributed by atoms with Gasteiger partial charge >= 0.3 is 0 Å². The summed E-state index contributed by atoms with van der Waals surface area (Å²) in [6.45, 7) is 8.62. The second kappa shape index (κ2) is 8.15. The zero-order valence-electron chi connectivity index (χ0n) is 18.7. The number of halogens is 1. The molecule has 3 aromatic heterocycles. The van der Waals surface area contributed by atoms with Gasteiger partial charge < -0.3 is 14.2 Å². The summed E-state index contributed by atoms with van der Waals surface area (Å²) in [5.74, 6) is 0.777. The summed E-state index contributed by atoms with van der Waals surface area (Å²) in [5, 5.41) is 4.93. The van der Waals surface area contributed by atoms with E-state index in [0.29, 0.717) is 54.1 Å². The minimum absolute atomic E-state index is 0.00110. The van der Waals surface area contributed by atoms with Gasteiger partial charge in [0.05, 0.1) is 5.69 Å². The highest BCUT2D eigenvalue weighted by Crippen LogP contribution is 2.24. The topological polar surface area (TPSA) is 93.2 Å². The number of hydrogen-bond donors (Lipinski definition) is 0. The summed E-state index contributed by atoms with van der Waals surface area (Å²) >= 11 is 5.93. The normalized spacial score (nSPS) is 14.8. The lowest BCUT2D eigenvalue weighted by molar-refractivity contribution is 0.0745. The minimum Gasteiger partial charge on any atom is -0.422 e. The molecule has 170 valence electrons. The largest absolute Gasteiger partial charge is 0.422 e. The number of fused-ring (bicyclic) bond motifs is 1. The highest BCUT2D eigenvalue weighted by atomic mass is 35.5. The van der Waals surface area contributed by atoms with Crippen molar-refractivity contribution in [2.24, 2.45) is 0 Å². The Labute approximate surface area is 196 Å². The summed E-state index contributed by atoms with van der Waals surface area (Å²) in [7, 11) is 0. The Hall–Kier alpha value is -3.46. The lowest BCUT2D eigenvalue weighted by atomic mass is 9.96. The van der Waals surface area contributed by atoms with Crippen molar-refractivity contribution in [2.75, 3.05) is 31.1 Å². The number of rotatable bonds is 3. The van der Waals surface area contributed by atoms with E-state index in [1.807, 2.05) is 34.1 Å².